The van der Waals surface area contributed by atoms with Crippen molar-refractivity contribution in [3.8, 4) is 0 Å². The first-order chi connectivity index (χ1) is 5.02. The van der Waals surface area contributed by atoms with Crippen LogP contribution in [0.1, 0.15) is 27.7 Å². The summed E-state index contributed by atoms with van der Waals surface area (Å²) in [6.45, 7) is 6.26. The Morgan fingerprint density at radius 2 is 2.20 bits per heavy atom. The van der Waals surface area contributed by atoms with E-state index in [0.29, 0.717) is 6.04 Å². The molecule has 54 valence electrons. The lowest BCUT2D eigenvalue weighted by atomic mass is 9.88. The lowest BCUT2D eigenvalue weighted by molar-refractivity contribution is 0.587. The van der Waals surface area contributed by atoms with Crippen LogP contribution in [-0.2, 0) is 5.41 Å². The van der Waals surface area contributed by atoms with E-state index in [1.165, 1.54) is 0 Å². The van der Waals surface area contributed by atoms with Gasteiger partial charge in [0.1, 0.15) is 0 Å². The highest BCUT2D eigenvalue weighted by molar-refractivity contribution is 5.17. The standard InChI is InChI=1S/C9H13N/c1-9(2,3)8-5-4-6-10-7-8/h4-7H,1-3H3/i5D. The van der Waals surface area contributed by atoms with Crippen LogP contribution in [0.15, 0.2) is 24.5 Å². The largest absolute Gasteiger partial charge is 0.264 e. The fourth-order valence-electron chi connectivity index (χ4n) is 0.735. The predicted molar refractivity (Wildman–Crippen MR) is 42.9 cm³/mol. The molecule has 1 aromatic heterocycles. The molecular weight excluding hydrogens is 122 g/mol. The molecule has 0 aromatic carbocycles. The van der Waals surface area contributed by atoms with Crippen molar-refractivity contribution in [2.75, 3.05) is 0 Å². The molecule has 0 unspecified atom stereocenters. The molecule has 0 amide bonds. The highest BCUT2D eigenvalue weighted by atomic mass is 14.6. The fraction of sp³-hybridized carbons (Fsp3) is 0.444. The normalized spacial score (nSPS) is 12.9. The average Bonchev–Trinajstić information content (AvgIpc) is 1.86. The first kappa shape index (κ1) is 5.90. The van der Waals surface area contributed by atoms with E-state index < -0.39 is 0 Å². The third-order valence-corrected chi connectivity index (χ3v) is 1.41. The molecule has 0 aliphatic carbocycles. The Labute approximate surface area is 63.5 Å². The third kappa shape index (κ3) is 1.56. The molecular formula is C9H13N. The Bertz CT molecular complexity index is 250. The highest BCUT2D eigenvalue weighted by Crippen LogP contribution is 2.19. The topological polar surface area (TPSA) is 12.9 Å². The number of aromatic nitrogens is 1. The van der Waals surface area contributed by atoms with Gasteiger partial charge in [-0.2, -0.15) is 0 Å². The van der Waals surface area contributed by atoms with Gasteiger partial charge < -0.3 is 0 Å². The van der Waals surface area contributed by atoms with Crippen molar-refractivity contribution >= 4 is 0 Å². The maximum Gasteiger partial charge on any atom is 0.0627 e. The second-order valence-corrected chi connectivity index (χ2v) is 3.40. The minimum absolute atomic E-state index is 0.0331. The number of pyridine rings is 1. The lowest BCUT2D eigenvalue weighted by Crippen LogP contribution is -2.10. The van der Waals surface area contributed by atoms with Gasteiger partial charge in [0.15, 0.2) is 0 Å². The molecule has 0 fully saturated rings. The second-order valence-electron chi connectivity index (χ2n) is 3.40. The Morgan fingerprint density at radius 1 is 1.50 bits per heavy atom. The summed E-state index contributed by atoms with van der Waals surface area (Å²) in [5.74, 6) is 0. The van der Waals surface area contributed by atoms with Crippen LogP contribution in [0.25, 0.3) is 0 Å². The van der Waals surface area contributed by atoms with Crippen LogP contribution in [-0.4, -0.2) is 4.98 Å². The minimum Gasteiger partial charge on any atom is -0.264 e. The monoisotopic (exact) mass is 136 g/mol. The number of nitrogens with zero attached hydrogens (tertiary/aromatic N) is 1. The molecule has 0 aliphatic heterocycles. The smallest absolute Gasteiger partial charge is 0.0627 e. The molecule has 1 heteroatoms. The number of hydrogen-bond donors (Lipinski definition) is 0. The van der Waals surface area contributed by atoms with Crippen molar-refractivity contribution in [1.29, 1.82) is 0 Å². The van der Waals surface area contributed by atoms with E-state index in [2.05, 4.69) is 25.8 Å². The summed E-state index contributed by atoms with van der Waals surface area (Å²) >= 11 is 0. The molecule has 1 aromatic rings. The zero-order chi connectivity index (χ0) is 8.48. The van der Waals surface area contributed by atoms with E-state index in [0.717, 1.165) is 5.56 Å². The van der Waals surface area contributed by atoms with E-state index in [9.17, 15) is 0 Å². The van der Waals surface area contributed by atoms with Gasteiger partial charge >= 0.3 is 0 Å². The van der Waals surface area contributed by atoms with Crippen LogP contribution in [0.4, 0.5) is 0 Å². The molecule has 0 radical (unpaired) electrons. The van der Waals surface area contributed by atoms with Gasteiger partial charge in [-0.15, -0.1) is 0 Å². The Morgan fingerprint density at radius 3 is 2.60 bits per heavy atom. The first-order valence-corrected chi connectivity index (χ1v) is 3.43. The lowest BCUT2D eigenvalue weighted by Gasteiger charge is -2.17. The first-order valence-electron chi connectivity index (χ1n) is 3.93. The van der Waals surface area contributed by atoms with Crippen LogP contribution < -0.4 is 0 Å². The summed E-state index contributed by atoms with van der Waals surface area (Å²) in [4.78, 5) is 3.99. The number of hydrogen-bond acceptors (Lipinski definition) is 1. The summed E-state index contributed by atoms with van der Waals surface area (Å²) in [7, 11) is 0. The van der Waals surface area contributed by atoms with E-state index >= 15 is 0 Å². The molecule has 0 atom stereocenters. The van der Waals surface area contributed by atoms with Crippen LogP contribution >= 0.6 is 0 Å². The highest BCUT2D eigenvalue weighted by Gasteiger charge is 2.11. The van der Waals surface area contributed by atoms with Crippen molar-refractivity contribution in [2.45, 2.75) is 26.2 Å². The Hall–Kier alpha value is -0.850. The van der Waals surface area contributed by atoms with Gasteiger partial charge in [-0.1, -0.05) is 26.8 Å². The van der Waals surface area contributed by atoms with Gasteiger partial charge in [0.25, 0.3) is 0 Å². The SMILES string of the molecule is [2H]c1ccncc1C(C)(C)C. The molecule has 0 aliphatic rings. The minimum atomic E-state index is 0.0331. The molecule has 0 saturated heterocycles. The van der Waals surface area contributed by atoms with E-state index in [1.54, 1.807) is 18.5 Å². The van der Waals surface area contributed by atoms with E-state index in [-0.39, 0.29) is 5.41 Å². The summed E-state index contributed by atoms with van der Waals surface area (Å²) in [6, 6.07) is 2.30. The predicted octanol–water partition coefficient (Wildman–Crippen LogP) is 2.38. The fourth-order valence-corrected chi connectivity index (χ4v) is 0.735. The number of rotatable bonds is 0. The molecule has 1 rings (SSSR count). The van der Waals surface area contributed by atoms with Gasteiger partial charge in [0.2, 0.25) is 0 Å². The van der Waals surface area contributed by atoms with Gasteiger partial charge in [-0.25, -0.2) is 0 Å². The molecule has 0 saturated carbocycles. The van der Waals surface area contributed by atoms with Crippen molar-refractivity contribution in [3.05, 3.63) is 30.1 Å². The van der Waals surface area contributed by atoms with Crippen molar-refractivity contribution in [3.63, 3.8) is 0 Å². The van der Waals surface area contributed by atoms with Crippen molar-refractivity contribution in [2.24, 2.45) is 0 Å². The summed E-state index contributed by atoms with van der Waals surface area (Å²) in [5.41, 5.74) is 1.03. The summed E-state index contributed by atoms with van der Waals surface area (Å²) < 4.78 is 7.59. The molecule has 1 heterocycles. The van der Waals surface area contributed by atoms with Crippen molar-refractivity contribution < 1.29 is 1.37 Å². The van der Waals surface area contributed by atoms with Gasteiger partial charge in [-0.3, -0.25) is 4.98 Å². The maximum atomic E-state index is 7.59. The van der Waals surface area contributed by atoms with Gasteiger partial charge in [0, 0.05) is 12.4 Å². The zero-order valence-electron chi connectivity index (χ0n) is 7.68. The molecule has 0 bridgehead atoms. The van der Waals surface area contributed by atoms with Crippen LogP contribution in [0.2, 0.25) is 0 Å². The average molecular weight is 136 g/mol. The van der Waals surface area contributed by atoms with E-state index in [4.69, 9.17) is 1.37 Å². The Kier molecular flexibility index (Phi) is 1.42. The van der Waals surface area contributed by atoms with Crippen LogP contribution in [0, 0.1) is 0 Å². The van der Waals surface area contributed by atoms with Crippen LogP contribution in [0.3, 0.4) is 0 Å². The second kappa shape index (κ2) is 2.41. The molecule has 0 N–H and O–H groups in total. The third-order valence-electron chi connectivity index (χ3n) is 1.41. The van der Waals surface area contributed by atoms with E-state index in [1.807, 2.05) is 0 Å². The molecule has 0 spiro atoms. The molecule has 10 heavy (non-hydrogen) atoms. The summed E-state index contributed by atoms with van der Waals surface area (Å²) in [5, 5.41) is 0. The van der Waals surface area contributed by atoms with Gasteiger partial charge in [-0.05, 0) is 17.0 Å². The quantitative estimate of drug-likeness (QED) is 0.533. The Balaban J connectivity index is 3.14. The van der Waals surface area contributed by atoms with Crippen molar-refractivity contribution in [1.82, 2.24) is 4.98 Å². The van der Waals surface area contributed by atoms with Gasteiger partial charge in [0.05, 0.1) is 1.37 Å². The zero-order valence-corrected chi connectivity index (χ0v) is 6.68. The molecule has 1 nitrogen and oxygen atoms in total. The van der Waals surface area contributed by atoms with Crippen LogP contribution in [0.5, 0.6) is 0 Å². The maximum absolute atomic E-state index is 7.59. The summed E-state index contributed by atoms with van der Waals surface area (Å²) in [6.07, 6.45) is 3.42.